The molecule has 0 aromatic carbocycles. The van der Waals surface area contributed by atoms with Crippen molar-refractivity contribution < 1.29 is 15.3 Å². The summed E-state index contributed by atoms with van der Waals surface area (Å²) in [4.78, 5) is 0. The van der Waals surface area contributed by atoms with Gasteiger partial charge in [-0.1, -0.05) is 0 Å². The van der Waals surface area contributed by atoms with E-state index in [4.69, 9.17) is 10.2 Å². The molecule has 4 nitrogen and oxygen atoms in total. The molecule has 68 valence electrons. The summed E-state index contributed by atoms with van der Waals surface area (Å²) in [6.07, 6.45) is -0.461. The van der Waals surface area contributed by atoms with Crippen molar-refractivity contribution in [3.63, 3.8) is 0 Å². The summed E-state index contributed by atoms with van der Waals surface area (Å²) in [5.74, 6) is 0. The minimum atomic E-state index is -0.790. The molecule has 0 aromatic heterocycles. The van der Waals surface area contributed by atoms with E-state index in [1.807, 2.05) is 0 Å². The SMILES string of the molecule is CNCC[C@@H](O)C[C@H](O)CO. The maximum absolute atomic E-state index is 9.17. The van der Waals surface area contributed by atoms with Crippen LogP contribution < -0.4 is 5.32 Å². The fourth-order valence-corrected chi connectivity index (χ4v) is 0.817. The summed E-state index contributed by atoms with van der Waals surface area (Å²) in [6, 6.07) is 0. The van der Waals surface area contributed by atoms with Gasteiger partial charge in [-0.25, -0.2) is 0 Å². The van der Waals surface area contributed by atoms with Gasteiger partial charge >= 0.3 is 0 Å². The lowest BCUT2D eigenvalue weighted by Crippen LogP contribution is -2.23. The Hall–Kier alpha value is -0.160. The summed E-state index contributed by atoms with van der Waals surface area (Å²) < 4.78 is 0. The molecule has 0 fully saturated rings. The lowest BCUT2D eigenvalue weighted by molar-refractivity contribution is 0.0392. The fraction of sp³-hybridized carbons (Fsp3) is 1.00. The molecule has 0 aromatic rings. The van der Waals surface area contributed by atoms with Crippen LogP contribution in [0, 0.1) is 0 Å². The third-order valence-corrected chi connectivity index (χ3v) is 1.48. The third-order valence-electron chi connectivity index (χ3n) is 1.48. The average molecular weight is 163 g/mol. The first kappa shape index (κ1) is 10.8. The maximum atomic E-state index is 9.17. The Morgan fingerprint density at radius 1 is 1.27 bits per heavy atom. The first-order valence-electron chi connectivity index (χ1n) is 3.82. The van der Waals surface area contributed by atoms with Gasteiger partial charge < -0.3 is 20.6 Å². The second-order valence-electron chi connectivity index (χ2n) is 2.62. The van der Waals surface area contributed by atoms with Crippen molar-refractivity contribution in [3.8, 4) is 0 Å². The van der Waals surface area contributed by atoms with Gasteiger partial charge in [-0.3, -0.25) is 0 Å². The highest BCUT2D eigenvalue weighted by Crippen LogP contribution is 2.00. The van der Waals surface area contributed by atoms with E-state index < -0.39 is 12.2 Å². The van der Waals surface area contributed by atoms with Gasteiger partial charge in [0.05, 0.1) is 18.8 Å². The molecule has 4 N–H and O–H groups in total. The van der Waals surface area contributed by atoms with Crippen LogP contribution in [0.5, 0.6) is 0 Å². The van der Waals surface area contributed by atoms with Gasteiger partial charge in [0.2, 0.25) is 0 Å². The van der Waals surface area contributed by atoms with E-state index in [1.54, 1.807) is 7.05 Å². The van der Waals surface area contributed by atoms with Gasteiger partial charge in [-0.05, 0) is 20.0 Å². The average Bonchev–Trinajstić information content (AvgIpc) is 2.00. The molecule has 0 spiro atoms. The Balaban J connectivity index is 3.27. The Morgan fingerprint density at radius 3 is 2.36 bits per heavy atom. The molecule has 11 heavy (non-hydrogen) atoms. The van der Waals surface area contributed by atoms with E-state index in [1.165, 1.54) is 0 Å². The second kappa shape index (κ2) is 6.54. The molecule has 0 saturated heterocycles. The zero-order valence-corrected chi connectivity index (χ0v) is 6.82. The number of aliphatic hydroxyl groups excluding tert-OH is 3. The van der Waals surface area contributed by atoms with E-state index in [-0.39, 0.29) is 13.0 Å². The zero-order valence-electron chi connectivity index (χ0n) is 6.82. The number of nitrogens with one attached hydrogen (secondary N) is 1. The first-order valence-corrected chi connectivity index (χ1v) is 3.82. The van der Waals surface area contributed by atoms with Crippen LogP contribution in [0.1, 0.15) is 12.8 Å². The van der Waals surface area contributed by atoms with E-state index in [0.29, 0.717) is 6.42 Å². The van der Waals surface area contributed by atoms with Crippen molar-refractivity contribution in [3.05, 3.63) is 0 Å². The minimum absolute atomic E-state index is 0.248. The van der Waals surface area contributed by atoms with E-state index in [2.05, 4.69) is 5.32 Å². The third kappa shape index (κ3) is 6.25. The molecule has 4 heteroatoms. The molecule has 0 aliphatic heterocycles. The first-order chi connectivity index (χ1) is 5.20. The smallest absolute Gasteiger partial charge is 0.0795 e. The lowest BCUT2D eigenvalue weighted by Gasteiger charge is -2.12. The highest BCUT2D eigenvalue weighted by atomic mass is 16.3. The van der Waals surface area contributed by atoms with Crippen LogP contribution in [0.25, 0.3) is 0 Å². The molecule has 0 aliphatic rings. The van der Waals surface area contributed by atoms with Crippen LogP contribution in [-0.2, 0) is 0 Å². The zero-order chi connectivity index (χ0) is 8.69. The number of rotatable bonds is 6. The van der Waals surface area contributed by atoms with Crippen LogP contribution in [0.15, 0.2) is 0 Å². The predicted octanol–water partition coefficient (Wildman–Crippen LogP) is -1.30. The summed E-state index contributed by atoms with van der Waals surface area (Å²) >= 11 is 0. The number of hydrogen-bond acceptors (Lipinski definition) is 4. The van der Waals surface area contributed by atoms with Crippen LogP contribution in [0.4, 0.5) is 0 Å². The van der Waals surface area contributed by atoms with Crippen LogP contribution in [0.3, 0.4) is 0 Å². The molecule has 0 saturated carbocycles. The maximum Gasteiger partial charge on any atom is 0.0795 e. The summed E-state index contributed by atoms with van der Waals surface area (Å²) in [7, 11) is 1.80. The van der Waals surface area contributed by atoms with E-state index >= 15 is 0 Å². The van der Waals surface area contributed by atoms with Gasteiger partial charge in [0.15, 0.2) is 0 Å². The van der Waals surface area contributed by atoms with Crippen molar-refractivity contribution in [1.82, 2.24) is 5.32 Å². The summed E-state index contributed by atoms with van der Waals surface area (Å²) in [6.45, 7) is 0.440. The van der Waals surface area contributed by atoms with Crippen molar-refractivity contribution in [2.75, 3.05) is 20.2 Å². The topological polar surface area (TPSA) is 72.7 Å². The molecule has 2 atom stereocenters. The van der Waals surface area contributed by atoms with Crippen molar-refractivity contribution in [1.29, 1.82) is 0 Å². The van der Waals surface area contributed by atoms with Crippen LogP contribution in [0.2, 0.25) is 0 Å². The largest absolute Gasteiger partial charge is 0.394 e. The molecule has 0 bridgehead atoms. The number of hydrogen-bond donors (Lipinski definition) is 4. The van der Waals surface area contributed by atoms with E-state index in [0.717, 1.165) is 6.54 Å². The molecule has 0 unspecified atom stereocenters. The Kier molecular flexibility index (Phi) is 6.45. The normalized spacial score (nSPS) is 16.4. The van der Waals surface area contributed by atoms with Gasteiger partial charge in [0.25, 0.3) is 0 Å². The van der Waals surface area contributed by atoms with Crippen LogP contribution in [-0.4, -0.2) is 47.7 Å². The lowest BCUT2D eigenvalue weighted by atomic mass is 10.1. The molecule has 0 amide bonds. The molecule has 0 radical (unpaired) electrons. The van der Waals surface area contributed by atoms with E-state index in [9.17, 15) is 5.11 Å². The predicted molar refractivity (Wildman–Crippen MR) is 42.3 cm³/mol. The Labute approximate surface area is 66.9 Å². The highest BCUT2D eigenvalue weighted by Gasteiger charge is 2.09. The molecule has 0 heterocycles. The van der Waals surface area contributed by atoms with Gasteiger partial charge in [-0.15, -0.1) is 0 Å². The van der Waals surface area contributed by atoms with Crippen molar-refractivity contribution in [2.24, 2.45) is 0 Å². The molecule has 0 aliphatic carbocycles. The highest BCUT2D eigenvalue weighted by molar-refractivity contribution is 4.62. The van der Waals surface area contributed by atoms with Crippen LogP contribution >= 0.6 is 0 Å². The summed E-state index contributed by atoms with van der Waals surface area (Å²) in [5, 5.41) is 29.4. The van der Waals surface area contributed by atoms with Crippen molar-refractivity contribution in [2.45, 2.75) is 25.0 Å². The fourth-order valence-electron chi connectivity index (χ4n) is 0.817. The Bertz CT molecular complexity index is 89.8. The van der Waals surface area contributed by atoms with Gasteiger partial charge in [0.1, 0.15) is 0 Å². The second-order valence-corrected chi connectivity index (χ2v) is 2.62. The molecular formula is C7H17NO3. The Morgan fingerprint density at radius 2 is 1.91 bits per heavy atom. The quantitative estimate of drug-likeness (QED) is 0.393. The minimum Gasteiger partial charge on any atom is -0.394 e. The van der Waals surface area contributed by atoms with Crippen molar-refractivity contribution >= 4 is 0 Å². The standard InChI is InChI=1S/C7H17NO3/c1-8-3-2-6(10)4-7(11)5-9/h6-11H,2-5H2,1H3/t6-,7+/m1/s1. The summed E-state index contributed by atoms with van der Waals surface area (Å²) in [5.41, 5.74) is 0. The monoisotopic (exact) mass is 163 g/mol. The molecule has 0 rings (SSSR count). The van der Waals surface area contributed by atoms with Gasteiger partial charge in [0, 0.05) is 6.42 Å². The number of aliphatic hydroxyl groups is 3. The van der Waals surface area contributed by atoms with Gasteiger partial charge in [-0.2, -0.15) is 0 Å². The molecular weight excluding hydrogens is 146 g/mol.